The summed E-state index contributed by atoms with van der Waals surface area (Å²) in [7, 11) is 0. The van der Waals surface area contributed by atoms with E-state index in [4.69, 9.17) is 4.98 Å². The van der Waals surface area contributed by atoms with Crippen LogP contribution in [0.5, 0.6) is 0 Å². The van der Waals surface area contributed by atoms with Gasteiger partial charge in [-0.3, -0.25) is 4.99 Å². The Bertz CT molecular complexity index is 1590. The molecule has 0 atom stereocenters. The van der Waals surface area contributed by atoms with Crippen molar-refractivity contribution in [2.75, 3.05) is 0 Å². The highest BCUT2D eigenvalue weighted by molar-refractivity contribution is 6.24. The number of fused-ring (bicyclic) bond motifs is 6. The van der Waals surface area contributed by atoms with E-state index in [0.717, 1.165) is 39.9 Å². The van der Waals surface area contributed by atoms with Crippen molar-refractivity contribution in [3.05, 3.63) is 66.5 Å². The molecule has 0 saturated carbocycles. The highest BCUT2D eigenvalue weighted by Gasteiger charge is 2.17. The van der Waals surface area contributed by atoms with Gasteiger partial charge in [0.05, 0.1) is 29.3 Å². The predicted octanol–water partition coefficient (Wildman–Crippen LogP) is 7.22. The maximum Gasteiger partial charge on any atom is 0.109 e. The maximum absolute atomic E-state index is 4.71. The van der Waals surface area contributed by atoms with Gasteiger partial charge >= 0.3 is 0 Å². The lowest BCUT2D eigenvalue weighted by atomic mass is 9.93. The van der Waals surface area contributed by atoms with Crippen molar-refractivity contribution in [2.45, 2.75) is 40.0 Å². The fraction of sp³-hybridized carbons (Fsp3) is 0.250. The summed E-state index contributed by atoms with van der Waals surface area (Å²) < 4.78 is 0. The third-order valence-corrected chi connectivity index (χ3v) is 6.74. The molecule has 5 heteroatoms. The highest BCUT2D eigenvalue weighted by Crippen LogP contribution is 2.37. The first-order valence-electron chi connectivity index (χ1n) is 11.6. The summed E-state index contributed by atoms with van der Waals surface area (Å²) in [5.74, 6) is 1.85. The summed E-state index contributed by atoms with van der Waals surface area (Å²) in [5.41, 5.74) is 8.00. The zero-order valence-electron chi connectivity index (χ0n) is 19.4. The van der Waals surface area contributed by atoms with Gasteiger partial charge in [-0.1, -0.05) is 52.0 Å². The lowest BCUT2D eigenvalue weighted by molar-refractivity contribution is 0.795. The van der Waals surface area contributed by atoms with Gasteiger partial charge in [0.2, 0.25) is 0 Å². The normalized spacial score (nSPS) is 14.2. The summed E-state index contributed by atoms with van der Waals surface area (Å²) in [6, 6.07) is 13.4. The number of aromatic nitrogens is 4. The van der Waals surface area contributed by atoms with Gasteiger partial charge in [-0.15, -0.1) is 0 Å². The number of H-pyrrole nitrogens is 2. The van der Waals surface area contributed by atoms with E-state index in [1.165, 1.54) is 33.0 Å². The quantitative estimate of drug-likeness (QED) is 0.294. The Labute approximate surface area is 192 Å². The molecule has 1 aliphatic heterocycles. The van der Waals surface area contributed by atoms with E-state index in [0.29, 0.717) is 11.8 Å². The van der Waals surface area contributed by atoms with Crippen LogP contribution < -0.4 is 0 Å². The Hall–Kier alpha value is -3.73. The van der Waals surface area contributed by atoms with Crippen LogP contribution in [0, 0.1) is 5.92 Å². The Kier molecular flexibility index (Phi) is 4.47. The summed E-state index contributed by atoms with van der Waals surface area (Å²) >= 11 is 0. The standard InChI is InChI=1S/C28H27N5/c1-15(2)24-11-19(12-29-24)17-5-7-20-21-8-6-18(25-13-30-28(33-25)16(3)4)10-23(21)27-26(22(20)9-17)31-14-32-27/h5-10,12-16H,11H2,1-4H3,(H,30,33)(H,31,32). The number of hydrogen-bond donors (Lipinski definition) is 2. The molecule has 2 N–H and O–H groups in total. The molecular formula is C28H27N5. The molecule has 5 aromatic rings. The average molecular weight is 434 g/mol. The molecule has 0 spiro atoms. The number of nitrogens with zero attached hydrogens (tertiary/aromatic N) is 3. The third-order valence-electron chi connectivity index (χ3n) is 6.74. The molecule has 1 aliphatic rings. The Morgan fingerprint density at radius 3 is 2.30 bits per heavy atom. The van der Waals surface area contributed by atoms with Crippen molar-refractivity contribution in [3.63, 3.8) is 0 Å². The van der Waals surface area contributed by atoms with Gasteiger partial charge in [0.1, 0.15) is 5.82 Å². The molecule has 2 aromatic heterocycles. The molecular weight excluding hydrogens is 406 g/mol. The van der Waals surface area contributed by atoms with Crippen molar-refractivity contribution in [1.82, 2.24) is 19.9 Å². The Morgan fingerprint density at radius 2 is 1.58 bits per heavy atom. The van der Waals surface area contributed by atoms with E-state index in [1.807, 2.05) is 12.4 Å². The molecule has 0 fully saturated rings. The summed E-state index contributed by atoms with van der Waals surface area (Å²) in [5, 5.41) is 4.79. The van der Waals surface area contributed by atoms with Crippen molar-refractivity contribution < 1.29 is 0 Å². The van der Waals surface area contributed by atoms with Gasteiger partial charge in [0.25, 0.3) is 0 Å². The molecule has 0 saturated heterocycles. The zero-order chi connectivity index (χ0) is 22.7. The van der Waals surface area contributed by atoms with Crippen molar-refractivity contribution >= 4 is 43.9 Å². The van der Waals surface area contributed by atoms with E-state index < -0.39 is 0 Å². The van der Waals surface area contributed by atoms with Crippen LogP contribution in [0.2, 0.25) is 0 Å². The fourth-order valence-corrected chi connectivity index (χ4v) is 4.79. The molecule has 164 valence electrons. The van der Waals surface area contributed by atoms with Gasteiger partial charge in [0.15, 0.2) is 0 Å². The van der Waals surface area contributed by atoms with Crippen LogP contribution in [0.15, 0.2) is 60.1 Å². The van der Waals surface area contributed by atoms with E-state index in [-0.39, 0.29) is 0 Å². The molecule has 3 aromatic carbocycles. The lowest BCUT2D eigenvalue weighted by Gasteiger charge is -2.11. The topological polar surface area (TPSA) is 69.7 Å². The van der Waals surface area contributed by atoms with Crippen molar-refractivity contribution in [3.8, 4) is 11.3 Å². The molecule has 0 amide bonds. The Balaban J connectivity index is 1.51. The van der Waals surface area contributed by atoms with Crippen LogP contribution in [-0.4, -0.2) is 25.6 Å². The first-order chi connectivity index (χ1) is 16.0. The van der Waals surface area contributed by atoms with E-state index in [9.17, 15) is 0 Å². The summed E-state index contributed by atoms with van der Waals surface area (Å²) in [6.07, 6.45) is 6.68. The SMILES string of the molecule is CC(C)C1=NC=C(c2ccc3c4ccc(-c5cnc(C(C)C)[nH]5)cc4c4nc[nH]c4c3c2)C1. The minimum Gasteiger partial charge on any atom is -0.344 e. The predicted molar refractivity (Wildman–Crippen MR) is 138 cm³/mol. The van der Waals surface area contributed by atoms with Gasteiger partial charge in [-0.25, -0.2) is 9.97 Å². The molecule has 33 heavy (non-hydrogen) atoms. The first kappa shape index (κ1) is 19.9. The smallest absolute Gasteiger partial charge is 0.109 e. The van der Waals surface area contributed by atoms with Crippen LogP contribution in [0.25, 0.3) is 49.4 Å². The minimum absolute atomic E-state index is 0.368. The number of imidazole rings is 2. The summed E-state index contributed by atoms with van der Waals surface area (Å²) in [6.45, 7) is 8.71. The molecule has 3 heterocycles. The number of rotatable bonds is 4. The molecule has 0 unspecified atom stereocenters. The zero-order valence-corrected chi connectivity index (χ0v) is 19.4. The van der Waals surface area contributed by atoms with Crippen LogP contribution in [0.1, 0.15) is 51.4 Å². The third kappa shape index (κ3) is 3.18. The number of allylic oxidation sites excluding steroid dienone is 1. The number of hydrogen-bond acceptors (Lipinski definition) is 3. The second kappa shape index (κ2) is 7.41. The Morgan fingerprint density at radius 1 is 0.818 bits per heavy atom. The molecule has 0 radical (unpaired) electrons. The number of nitrogens with one attached hydrogen (secondary N) is 2. The van der Waals surface area contributed by atoms with E-state index in [1.54, 1.807) is 6.33 Å². The number of aromatic amines is 2. The fourth-order valence-electron chi connectivity index (χ4n) is 4.79. The van der Waals surface area contributed by atoms with Gasteiger partial charge in [0, 0.05) is 40.6 Å². The van der Waals surface area contributed by atoms with Crippen LogP contribution in [-0.2, 0) is 0 Å². The molecule has 5 nitrogen and oxygen atoms in total. The number of aliphatic imine (C=N–C) groups is 1. The lowest BCUT2D eigenvalue weighted by Crippen LogP contribution is -2.04. The monoisotopic (exact) mass is 433 g/mol. The van der Waals surface area contributed by atoms with Crippen LogP contribution in [0.4, 0.5) is 0 Å². The second-order valence-corrected chi connectivity index (χ2v) is 9.59. The maximum atomic E-state index is 4.71. The van der Waals surface area contributed by atoms with Gasteiger partial charge in [-0.05, 0) is 40.0 Å². The summed E-state index contributed by atoms with van der Waals surface area (Å²) in [4.78, 5) is 20.8. The van der Waals surface area contributed by atoms with E-state index in [2.05, 4.69) is 84.0 Å². The second-order valence-electron chi connectivity index (χ2n) is 9.59. The number of benzene rings is 3. The molecule has 0 bridgehead atoms. The van der Waals surface area contributed by atoms with Crippen molar-refractivity contribution in [1.29, 1.82) is 0 Å². The van der Waals surface area contributed by atoms with E-state index >= 15 is 0 Å². The molecule has 6 rings (SSSR count). The molecule has 0 aliphatic carbocycles. The van der Waals surface area contributed by atoms with Crippen LogP contribution >= 0.6 is 0 Å². The van der Waals surface area contributed by atoms with Gasteiger partial charge in [-0.2, -0.15) is 0 Å². The van der Waals surface area contributed by atoms with Gasteiger partial charge < -0.3 is 9.97 Å². The van der Waals surface area contributed by atoms with Crippen molar-refractivity contribution in [2.24, 2.45) is 10.9 Å². The largest absolute Gasteiger partial charge is 0.344 e. The first-order valence-corrected chi connectivity index (χ1v) is 11.6. The average Bonchev–Trinajstić information content (AvgIpc) is 3.59. The minimum atomic E-state index is 0.368. The highest BCUT2D eigenvalue weighted by atomic mass is 14.9. The van der Waals surface area contributed by atoms with Crippen LogP contribution in [0.3, 0.4) is 0 Å².